The number of nitrogens with one attached hydrogen (secondary N) is 1. The van der Waals surface area contributed by atoms with Gasteiger partial charge in [-0.1, -0.05) is 6.07 Å². The maximum atomic E-state index is 9.10. The summed E-state index contributed by atoms with van der Waals surface area (Å²) in [5, 5.41) is 19.6. The number of benzene rings is 1. The number of aliphatic carboxylic acids is 2. The summed E-state index contributed by atoms with van der Waals surface area (Å²) in [4.78, 5) is 30.3. The quantitative estimate of drug-likeness (QED) is 0.490. The van der Waals surface area contributed by atoms with Crippen LogP contribution in [-0.4, -0.2) is 51.9 Å². The van der Waals surface area contributed by atoms with Crippen LogP contribution < -0.4 is 14.8 Å². The van der Waals surface area contributed by atoms with E-state index in [4.69, 9.17) is 39.2 Å². The molecule has 0 bridgehead atoms. The molecule has 0 spiro atoms. The summed E-state index contributed by atoms with van der Waals surface area (Å²) in [7, 11) is 0. The van der Waals surface area contributed by atoms with E-state index in [2.05, 4.69) is 17.4 Å². The fourth-order valence-electron chi connectivity index (χ4n) is 3.96. The minimum absolute atomic E-state index is 0.621. The number of aryl methyl sites for hydroxylation is 3. The van der Waals surface area contributed by atoms with E-state index < -0.39 is 11.9 Å². The average Bonchev–Trinajstić information content (AvgIpc) is 3.17. The molecule has 9 nitrogen and oxygen atoms in total. The molecule has 174 valence electrons. The van der Waals surface area contributed by atoms with Gasteiger partial charge in [-0.3, -0.25) is 0 Å². The second-order valence-electron chi connectivity index (χ2n) is 7.78. The maximum absolute atomic E-state index is 9.10. The number of ether oxygens (including phenoxy) is 2. The molecule has 0 saturated carbocycles. The molecule has 3 aromatic rings. The zero-order chi connectivity index (χ0) is 23.4. The van der Waals surface area contributed by atoms with E-state index in [1.165, 1.54) is 40.7 Å². The van der Waals surface area contributed by atoms with Crippen molar-refractivity contribution < 1.29 is 29.3 Å². The highest BCUT2D eigenvalue weighted by molar-refractivity contribution is 7.19. The monoisotopic (exact) mass is 471 g/mol. The summed E-state index contributed by atoms with van der Waals surface area (Å²) >= 11 is 1.85. The number of carboxylic acids is 2. The number of aromatic nitrogens is 2. The van der Waals surface area contributed by atoms with Crippen molar-refractivity contribution in [3.8, 4) is 11.5 Å². The smallest absolute Gasteiger partial charge is 0.414 e. The van der Waals surface area contributed by atoms with Gasteiger partial charge in [-0.05, 0) is 62.3 Å². The number of fused-ring (bicyclic) bond motifs is 4. The van der Waals surface area contributed by atoms with Crippen molar-refractivity contribution in [2.75, 3.05) is 25.1 Å². The number of rotatable bonds is 4. The average molecular weight is 472 g/mol. The third-order valence-corrected chi connectivity index (χ3v) is 6.61. The minimum atomic E-state index is -1.82. The molecule has 0 fully saturated rings. The molecule has 0 saturated heterocycles. The lowest BCUT2D eigenvalue weighted by Crippen LogP contribution is -2.15. The van der Waals surface area contributed by atoms with Crippen molar-refractivity contribution in [3.05, 3.63) is 40.0 Å². The maximum Gasteiger partial charge on any atom is 0.414 e. The van der Waals surface area contributed by atoms with Crippen LogP contribution in [0, 0.1) is 6.92 Å². The van der Waals surface area contributed by atoms with Crippen molar-refractivity contribution >= 4 is 39.3 Å². The van der Waals surface area contributed by atoms with E-state index in [1.54, 1.807) is 0 Å². The van der Waals surface area contributed by atoms with Crippen LogP contribution in [0.2, 0.25) is 0 Å². The van der Waals surface area contributed by atoms with Crippen LogP contribution in [0.25, 0.3) is 10.2 Å². The Morgan fingerprint density at radius 1 is 1.06 bits per heavy atom. The molecule has 3 heterocycles. The van der Waals surface area contributed by atoms with Crippen LogP contribution in [0.5, 0.6) is 11.5 Å². The molecule has 2 aromatic heterocycles. The molecular formula is C23H25N3O6S. The SMILES string of the molecule is Cc1nc(NCCc2ccc3c(c2)OCCO3)c2c3c(sc2n1)CCCC3.O=C(O)C(=O)O. The standard InChI is InChI=1S/C21H23N3O2S.C2H2O4/c1-13-23-20(19-15-4-2-3-5-18(15)27-21(19)24-13)22-9-8-14-6-7-16-17(12-14)26-11-10-25-16;3-1(4)2(5)6/h6-7,12H,2-5,8-11H2,1H3,(H,22,23,24);(H,3,4)(H,5,6). The van der Waals surface area contributed by atoms with E-state index in [0.717, 1.165) is 47.4 Å². The van der Waals surface area contributed by atoms with Crippen LogP contribution in [0.15, 0.2) is 18.2 Å². The van der Waals surface area contributed by atoms with E-state index in [1.807, 2.05) is 24.3 Å². The third kappa shape index (κ3) is 5.33. The van der Waals surface area contributed by atoms with Crippen molar-refractivity contribution in [1.82, 2.24) is 9.97 Å². The van der Waals surface area contributed by atoms with E-state index in [-0.39, 0.29) is 0 Å². The van der Waals surface area contributed by atoms with Gasteiger partial charge in [0.15, 0.2) is 11.5 Å². The molecule has 1 aliphatic carbocycles. The Balaban J connectivity index is 0.000000385. The number of carbonyl (C=O) groups is 2. The van der Waals surface area contributed by atoms with Crippen molar-refractivity contribution in [2.45, 2.75) is 39.0 Å². The van der Waals surface area contributed by atoms with Gasteiger partial charge in [0.25, 0.3) is 0 Å². The van der Waals surface area contributed by atoms with Crippen molar-refractivity contribution in [3.63, 3.8) is 0 Å². The van der Waals surface area contributed by atoms with E-state index >= 15 is 0 Å². The first-order valence-corrected chi connectivity index (χ1v) is 11.6. The van der Waals surface area contributed by atoms with Gasteiger partial charge < -0.3 is 25.0 Å². The van der Waals surface area contributed by atoms with Gasteiger partial charge in [0.2, 0.25) is 0 Å². The molecule has 5 rings (SSSR count). The summed E-state index contributed by atoms with van der Waals surface area (Å²) in [6, 6.07) is 6.21. The number of hydrogen-bond donors (Lipinski definition) is 3. The van der Waals surface area contributed by atoms with Crippen LogP contribution in [0.1, 0.15) is 34.7 Å². The molecule has 0 atom stereocenters. The first-order valence-electron chi connectivity index (χ1n) is 10.8. The Hall–Kier alpha value is -3.40. The highest BCUT2D eigenvalue weighted by Gasteiger charge is 2.20. The van der Waals surface area contributed by atoms with Gasteiger partial charge in [-0.2, -0.15) is 0 Å². The Morgan fingerprint density at radius 3 is 2.55 bits per heavy atom. The molecule has 1 aromatic carbocycles. The number of nitrogens with zero attached hydrogens (tertiary/aromatic N) is 2. The van der Waals surface area contributed by atoms with Gasteiger partial charge >= 0.3 is 11.9 Å². The highest BCUT2D eigenvalue weighted by atomic mass is 32.1. The summed E-state index contributed by atoms with van der Waals surface area (Å²) in [5.41, 5.74) is 2.71. The molecule has 0 amide bonds. The van der Waals surface area contributed by atoms with Crippen LogP contribution in [-0.2, 0) is 28.9 Å². The minimum Gasteiger partial charge on any atom is -0.486 e. The lowest BCUT2D eigenvalue weighted by atomic mass is 9.97. The Kier molecular flexibility index (Phi) is 6.93. The first kappa shape index (κ1) is 22.8. The highest BCUT2D eigenvalue weighted by Crippen LogP contribution is 2.38. The predicted octanol–water partition coefficient (Wildman–Crippen LogP) is 3.46. The van der Waals surface area contributed by atoms with Crippen molar-refractivity contribution in [2.24, 2.45) is 0 Å². The lowest BCUT2D eigenvalue weighted by molar-refractivity contribution is -0.159. The lowest BCUT2D eigenvalue weighted by Gasteiger charge is -2.19. The molecule has 33 heavy (non-hydrogen) atoms. The largest absolute Gasteiger partial charge is 0.486 e. The van der Waals surface area contributed by atoms with Gasteiger partial charge in [0.05, 0.1) is 5.39 Å². The second kappa shape index (κ2) is 10.0. The van der Waals surface area contributed by atoms with Gasteiger partial charge in [-0.25, -0.2) is 19.6 Å². The zero-order valence-corrected chi connectivity index (χ0v) is 19.0. The van der Waals surface area contributed by atoms with Crippen LogP contribution in [0.3, 0.4) is 0 Å². The van der Waals surface area contributed by atoms with Gasteiger partial charge in [0.1, 0.15) is 29.7 Å². The fraction of sp³-hybridized carbons (Fsp3) is 0.391. The normalized spacial score (nSPS) is 14.1. The Labute approximate surface area is 194 Å². The molecule has 3 N–H and O–H groups in total. The summed E-state index contributed by atoms with van der Waals surface area (Å²) in [6.07, 6.45) is 5.81. The molecule has 0 radical (unpaired) electrons. The Morgan fingerprint density at radius 2 is 1.79 bits per heavy atom. The van der Waals surface area contributed by atoms with Gasteiger partial charge in [0, 0.05) is 11.4 Å². The predicted molar refractivity (Wildman–Crippen MR) is 124 cm³/mol. The van der Waals surface area contributed by atoms with E-state index in [0.29, 0.717) is 13.2 Å². The zero-order valence-electron chi connectivity index (χ0n) is 18.2. The first-order chi connectivity index (χ1) is 15.9. The topological polar surface area (TPSA) is 131 Å². The molecule has 0 unspecified atom stereocenters. The molecular weight excluding hydrogens is 446 g/mol. The van der Waals surface area contributed by atoms with Crippen LogP contribution in [0.4, 0.5) is 5.82 Å². The summed E-state index contributed by atoms with van der Waals surface area (Å²) in [6.45, 7) is 4.05. The molecule has 2 aliphatic rings. The number of anilines is 1. The fourth-order valence-corrected chi connectivity index (χ4v) is 5.27. The summed E-state index contributed by atoms with van der Waals surface area (Å²) < 4.78 is 11.3. The number of carboxylic acid groups (broad SMARTS) is 2. The Bertz CT molecular complexity index is 1180. The molecule has 1 aliphatic heterocycles. The third-order valence-electron chi connectivity index (χ3n) is 5.42. The van der Waals surface area contributed by atoms with Gasteiger partial charge in [-0.15, -0.1) is 11.3 Å². The molecule has 10 heteroatoms. The van der Waals surface area contributed by atoms with Crippen molar-refractivity contribution in [1.29, 1.82) is 0 Å². The van der Waals surface area contributed by atoms with E-state index in [9.17, 15) is 0 Å². The number of hydrogen-bond acceptors (Lipinski definition) is 8. The number of thiophene rings is 1. The van der Waals surface area contributed by atoms with Crippen LogP contribution >= 0.6 is 11.3 Å². The summed E-state index contributed by atoms with van der Waals surface area (Å²) in [5.74, 6) is -0.121. The second-order valence-corrected chi connectivity index (χ2v) is 8.86.